The molecular formula is C24H36IN5O. The van der Waals surface area contributed by atoms with Gasteiger partial charge in [0.2, 0.25) is 5.91 Å². The van der Waals surface area contributed by atoms with Crippen LogP contribution in [0, 0.1) is 0 Å². The molecule has 1 amide bonds. The molecular weight excluding hydrogens is 501 g/mol. The highest BCUT2D eigenvalue weighted by Crippen LogP contribution is 2.16. The zero-order chi connectivity index (χ0) is 21.2. The molecule has 170 valence electrons. The minimum atomic E-state index is 0. The van der Waals surface area contributed by atoms with Crippen molar-refractivity contribution >= 4 is 46.6 Å². The fraction of sp³-hybridized carbons (Fsp3) is 0.500. The summed E-state index contributed by atoms with van der Waals surface area (Å²) >= 11 is 0. The molecule has 0 saturated carbocycles. The van der Waals surface area contributed by atoms with Gasteiger partial charge in [0.05, 0.1) is 13.1 Å². The summed E-state index contributed by atoms with van der Waals surface area (Å²) in [5.74, 6) is 0.998. The van der Waals surface area contributed by atoms with Crippen LogP contribution in [0.2, 0.25) is 0 Å². The van der Waals surface area contributed by atoms with Crippen molar-refractivity contribution in [3.63, 3.8) is 0 Å². The quantitative estimate of drug-likeness (QED) is 0.274. The van der Waals surface area contributed by atoms with Crippen LogP contribution in [-0.2, 0) is 11.3 Å². The number of hydrogen-bond donors (Lipinski definition) is 3. The van der Waals surface area contributed by atoms with Crippen LogP contribution >= 0.6 is 24.0 Å². The molecule has 7 heteroatoms. The second-order valence-electron chi connectivity index (χ2n) is 7.92. The van der Waals surface area contributed by atoms with Crippen LogP contribution in [-0.4, -0.2) is 55.5 Å². The van der Waals surface area contributed by atoms with E-state index in [4.69, 9.17) is 4.99 Å². The van der Waals surface area contributed by atoms with E-state index in [1.807, 2.05) is 0 Å². The Hall–Kier alpha value is -1.87. The lowest BCUT2D eigenvalue weighted by Crippen LogP contribution is -2.50. The highest BCUT2D eigenvalue weighted by molar-refractivity contribution is 14.0. The third-order valence-corrected chi connectivity index (χ3v) is 5.45. The van der Waals surface area contributed by atoms with Crippen LogP contribution in [0.5, 0.6) is 0 Å². The predicted octanol–water partition coefficient (Wildman–Crippen LogP) is 3.50. The number of likely N-dealkylation sites (tertiary alicyclic amines) is 1. The van der Waals surface area contributed by atoms with Gasteiger partial charge in [0.1, 0.15) is 0 Å². The van der Waals surface area contributed by atoms with Crippen molar-refractivity contribution in [2.24, 2.45) is 4.99 Å². The number of nitrogens with zero attached hydrogens (tertiary/aromatic N) is 2. The summed E-state index contributed by atoms with van der Waals surface area (Å²) < 4.78 is 0. The summed E-state index contributed by atoms with van der Waals surface area (Å²) in [5.41, 5.74) is 1.21. The molecule has 0 atom stereocenters. The fourth-order valence-electron chi connectivity index (χ4n) is 3.78. The molecule has 0 aliphatic carbocycles. The molecule has 0 spiro atoms. The molecule has 1 saturated heterocycles. The number of fused-ring (bicyclic) bond motifs is 1. The predicted molar refractivity (Wildman–Crippen MR) is 140 cm³/mol. The van der Waals surface area contributed by atoms with E-state index in [2.05, 4.69) is 77.2 Å². The molecule has 0 radical (unpaired) electrons. The molecule has 1 aliphatic heterocycles. The Morgan fingerprint density at radius 1 is 1.06 bits per heavy atom. The molecule has 0 unspecified atom stereocenters. The van der Waals surface area contributed by atoms with Crippen LogP contribution in [0.15, 0.2) is 47.5 Å². The Bertz CT molecular complexity index is 849. The van der Waals surface area contributed by atoms with E-state index in [1.54, 1.807) is 0 Å². The topological polar surface area (TPSA) is 68.8 Å². The third kappa shape index (κ3) is 8.29. The Labute approximate surface area is 203 Å². The van der Waals surface area contributed by atoms with Crippen LogP contribution in [0.3, 0.4) is 0 Å². The number of aliphatic imine (C=N–C) groups is 1. The van der Waals surface area contributed by atoms with E-state index in [9.17, 15) is 4.79 Å². The monoisotopic (exact) mass is 537 g/mol. The van der Waals surface area contributed by atoms with Gasteiger partial charge in [-0.2, -0.15) is 0 Å². The second-order valence-corrected chi connectivity index (χ2v) is 7.92. The fourth-order valence-corrected chi connectivity index (χ4v) is 3.78. The SMILES string of the molecule is CCCNC(=O)CN1CCC(NC(=NCc2ccc3ccccc3c2)NCC)CC1.I. The lowest BCUT2D eigenvalue weighted by Gasteiger charge is -2.32. The van der Waals surface area contributed by atoms with Gasteiger partial charge in [-0.15, -0.1) is 24.0 Å². The molecule has 2 aromatic carbocycles. The van der Waals surface area contributed by atoms with Crippen LogP contribution < -0.4 is 16.0 Å². The van der Waals surface area contributed by atoms with Gasteiger partial charge in [-0.25, -0.2) is 4.99 Å². The van der Waals surface area contributed by atoms with Crippen LogP contribution in [0.4, 0.5) is 0 Å². The zero-order valence-electron chi connectivity index (χ0n) is 18.7. The van der Waals surface area contributed by atoms with Crippen LogP contribution in [0.1, 0.15) is 38.7 Å². The Balaban J connectivity index is 0.00000341. The molecule has 1 fully saturated rings. The van der Waals surface area contributed by atoms with Crippen molar-refractivity contribution in [2.75, 3.05) is 32.7 Å². The summed E-state index contributed by atoms with van der Waals surface area (Å²) in [4.78, 5) is 19.0. The molecule has 31 heavy (non-hydrogen) atoms. The maximum absolute atomic E-state index is 11.9. The first-order valence-corrected chi connectivity index (χ1v) is 11.2. The normalized spacial score (nSPS) is 15.4. The summed E-state index contributed by atoms with van der Waals surface area (Å²) in [6, 6.07) is 15.3. The zero-order valence-corrected chi connectivity index (χ0v) is 21.0. The summed E-state index contributed by atoms with van der Waals surface area (Å²) in [6.45, 7) is 8.77. The molecule has 1 aliphatic rings. The summed E-state index contributed by atoms with van der Waals surface area (Å²) in [6.07, 6.45) is 3.01. The lowest BCUT2D eigenvalue weighted by atomic mass is 10.1. The number of carbonyl (C=O) groups excluding carboxylic acids is 1. The van der Waals surface area contributed by atoms with E-state index in [0.29, 0.717) is 19.1 Å². The molecule has 3 rings (SSSR count). The van der Waals surface area contributed by atoms with Gasteiger partial charge in [-0.1, -0.05) is 43.3 Å². The van der Waals surface area contributed by atoms with Crippen molar-refractivity contribution in [2.45, 2.75) is 45.7 Å². The van der Waals surface area contributed by atoms with E-state index in [1.165, 1.54) is 16.3 Å². The van der Waals surface area contributed by atoms with Gasteiger partial charge in [0.15, 0.2) is 5.96 Å². The van der Waals surface area contributed by atoms with E-state index in [0.717, 1.165) is 51.4 Å². The first-order chi connectivity index (χ1) is 14.7. The van der Waals surface area contributed by atoms with Gasteiger partial charge in [0.25, 0.3) is 0 Å². The van der Waals surface area contributed by atoms with Crippen molar-refractivity contribution in [3.8, 4) is 0 Å². The maximum atomic E-state index is 11.9. The van der Waals surface area contributed by atoms with Gasteiger partial charge < -0.3 is 16.0 Å². The summed E-state index contributed by atoms with van der Waals surface area (Å²) in [5, 5.41) is 12.4. The number of guanidine groups is 1. The number of nitrogens with one attached hydrogen (secondary N) is 3. The molecule has 0 aromatic heterocycles. The minimum Gasteiger partial charge on any atom is -0.357 e. The van der Waals surface area contributed by atoms with Gasteiger partial charge in [-0.3, -0.25) is 9.69 Å². The van der Waals surface area contributed by atoms with Gasteiger partial charge in [0, 0.05) is 32.2 Å². The van der Waals surface area contributed by atoms with E-state index in [-0.39, 0.29) is 29.9 Å². The van der Waals surface area contributed by atoms with Crippen molar-refractivity contribution in [3.05, 3.63) is 48.0 Å². The standard InChI is InChI=1S/C24H35N5O.HI/c1-3-13-26-23(30)18-29-14-11-22(12-15-29)28-24(25-4-2)27-17-19-9-10-20-7-5-6-8-21(20)16-19;/h5-10,16,22H,3-4,11-15,17-18H2,1-2H3,(H,26,30)(H2,25,27,28);1H. The van der Waals surface area contributed by atoms with Gasteiger partial charge >= 0.3 is 0 Å². The van der Waals surface area contributed by atoms with Crippen LogP contribution in [0.25, 0.3) is 10.8 Å². The van der Waals surface area contributed by atoms with E-state index < -0.39 is 0 Å². The molecule has 3 N–H and O–H groups in total. The largest absolute Gasteiger partial charge is 0.357 e. The van der Waals surface area contributed by atoms with Crippen molar-refractivity contribution in [1.29, 1.82) is 0 Å². The number of amides is 1. The van der Waals surface area contributed by atoms with Crippen molar-refractivity contribution in [1.82, 2.24) is 20.9 Å². The first-order valence-electron chi connectivity index (χ1n) is 11.2. The number of benzene rings is 2. The van der Waals surface area contributed by atoms with Crippen molar-refractivity contribution < 1.29 is 4.79 Å². The summed E-state index contributed by atoms with van der Waals surface area (Å²) in [7, 11) is 0. The molecule has 1 heterocycles. The first kappa shape index (κ1) is 25.4. The molecule has 2 aromatic rings. The van der Waals surface area contributed by atoms with Gasteiger partial charge in [-0.05, 0) is 48.6 Å². The number of hydrogen-bond acceptors (Lipinski definition) is 3. The number of rotatable bonds is 8. The Kier molecular flexibility index (Phi) is 11.1. The maximum Gasteiger partial charge on any atom is 0.234 e. The smallest absolute Gasteiger partial charge is 0.234 e. The minimum absolute atomic E-state index is 0. The van der Waals surface area contributed by atoms with E-state index >= 15 is 0 Å². The highest BCUT2D eigenvalue weighted by Gasteiger charge is 2.21. The third-order valence-electron chi connectivity index (χ3n) is 5.45. The number of piperidine rings is 1. The highest BCUT2D eigenvalue weighted by atomic mass is 127. The average Bonchev–Trinajstić information content (AvgIpc) is 2.77. The lowest BCUT2D eigenvalue weighted by molar-refractivity contribution is -0.122. The number of carbonyl (C=O) groups is 1. The Morgan fingerprint density at radius 3 is 2.52 bits per heavy atom. The molecule has 0 bridgehead atoms. The molecule has 6 nitrogen and oxygen atoms in total. The number of halogens is 1. The average molecular weight is 537 g/mol. The Morgan fingerprint density at radius 2 is 1.81 bits per heavy atom. The second kappa shape index (κ2) is 13.5.